The monoisotopic (exact) mass is 381 g/mol. The molecule has 148 valence electrons. The molecule has 2 aromatic carbocycles. The van der Waals surface area contributed by atoms with Gasteiger partial charge in [-0.15, -0.1) is 0 Å². The molecule has 0 aliphatic rings. The summed E-state index contributed by atoms with van der Waals surface area (Å²) in [5.41, 5.74) is 2.05. The summed E-state index contributed by atoms with van der Waals surface area (Å²) in [7, 11) is 1.65. The van der Waals surface area contributed by atoms with Crippen LogP contribution in [0.1, 0.15) is 12.7 Å². The maximum Gasteiger partial charge on any atom is 0.191 e. The lowest BCUT2D eigenvalue weighted by Gasteiger charge is -2.12. The van der Waals surface area contributed by atoms with Crippen LogP contribution in [0.2, 0.25) is 0 Å². The molecule has 0 spiro atoms. The second kappa shape index (κ2) is 10.2. The molecule has 0 unspecified atom stereocenters. The van der Waals surface area contributed by atoms with Gasteiger partial charge in [0, 0.05) is 19.5 Å². The number of para-hydroxylation sites is 2. The number of hydrogen-bond donors (Lipinski definition) is 3. The third-order valence-corrected chi connectivity index (χ3v) is 4.12. The molecule has 3 rings (SSSR count). The van der Waals surface area contributed by atoms with Crippen molar-refractivity contribution in [1.29, 1.82) is 0 Å². The average Bonchev–Trinajstić information content (AvgIpc) is 3.14. The van der Waals surface area contributed by atoms with E-state index in [0.29, 0.717) is 19.7 Å². The Hall–Kier alpha value is -3.22. The van der Waals surface area contributed by atoms with Gasteiger partial charge in [-0.25, -0.2) is 4.98 Å². The van der Waals surface area contributed by atoms with E-state index >= 15 is 0 Å². The second-order valence-electron chi connectivity index (χ2n) is 6.16. The van der Waals surface area contributed by atoms with Crippen molar-refractivity contribution in [3.63, 3.8) is 0 Å². The molecule has 0 fully saturated rings. The molecule has 0 bridgehead atoms. The van der Waals surface area contributed by atoms with Gasteiger partial charge in [0.15, 0.2) is 5.96 Å². The van der Waals surface area contributed by atoms with Crippen LogP contribution in [-0.4, -0.2) is 49.3 Å². The number of nitrogens with zero attached hydrogens (tertiary/aromatic N) is 2. The van der Waals surface area contributed by atoms with E-state index in [1.54, 1.807) is 7.11 Å². The van der Waals surface area contributed by atoms with Crippen molar-refractivity contribution in [3.8, 4) is 11.5 Å². The third kappa shape index (κ3) is 5.64. The lowest BCUT2D eigenvalue weighted by Crippen LogP contribution is -2.39. The van der Waals surface area contributed by atoms with Crippen LogP contribution in [0.25, 0.3) is 11.0 Å². The number of imidazole rings is 1. The normalized spacial score (nSPS) is 11.4. The Morgan fingerprint density at radius 1 is 1.07 bits per heavy atom. The summed E-state index contributed by atoms with van der Waals surface area (Å²) in [6, 6.07) is 15.6. The Kier molecular flexibility index (Phi) is 7.12. The number of guanidine groups is 1. The van der Waals surface area contributed by atoms with Gasteiger partial charge in [0.2, 0.25) is 0 Å². The fourth-order valence-electron chi connectivity index (χ4n) is 2.75. The molecular formula is C21H27N5O2. The van der Waals surface area contributed by atoms with Gasteiger partial charge in [0.1, 0.15) is 23.9 Å². The molecule has 1 aromatic heterocycles. The number of fused-ring (bicyclic) bond motifs is 1. The van der Waals surface area contributed by atoms with Crippen LogP contribution in [0.15, 0.2) is 53.5 Å². The van der Waals surface area contributed by atoms with Crippen LogP contribution < -0.4 is 20.1 Å². The minimum atomic E-state index is 0.542. The maximum atomic E-state index is 5.73. The summed E-state index contributed by atoms with van der Waals surface area (Å²) in [5, 5.41) is 6.53. The fourth-order valence-corrected chi connectivity index (χ4v) is 2.75. The van der Waals surface area contributed by atoms with E-state index in [9.17, 15) is 0 Å². The molecule has 7 heteroatoms. The summed E-state index contributed by atoms with van der Waals surface area (Å²) in [6.07, 6.45) is 0.758. The van der Waals surface area contributed by atoms with E-state index in [4.69, 9.17) is 9.47 Å². The number of ether oxygens (including phenoxy) is 2. The topological polar surface area (TPSA) is 83.6 Å². The largest absolute Gasteiger partial charge is 0.497 e. The number of aromatic amines is 1. The van der Waals surface area contributed by atoms with Crippen LogP contribution in [-0.2, 0) is 6.42 Å². The van der Waals surface area contributed by atoms with Crippen molar-refractivity contribution >= 4 is 17.0 Å². The summed E-state index contributed by atoms with van der Waals surface area (Å²) in [6.45, 7) is 4.69. The van der Waals surface area contributed by atoms with Crippen molar-refractivity contribution in [2.45, 2.75) is 13.3 Å². The van der Waals surface area contributed by atoms with Crippen LogP contribution in [0.4, 0.5) is 0 Å². The second-order valence-corrected chi connectivity index (χ2v) is 6.16. The average molecular weight is 381 g/mol. The van der Waals surface area contributed by atoms with Crippen LogP contribution in [0.5, 0.6) is 11.5 Å². The number of hydrogen-bond acceptors (Lipinski definition) is 4. The summed E-state index contributed by atoms with van der Waals surface area (Å²) >= 11 is 0. The standard InChI is InChI=1S/C21H27N5O2/c1-3-22-21(24-14-15-28-17-10-8-16(27-2)9-11-17)23-13-12-20-25-18-6-4-5-7-19(18)26-20/h4-11H,3,12-15H2,1-2H3,(H,25,26)(H2,22,23,24). The zero-order valence-corrected chi connectivity index (χ0v) is 16.4. The smallest absolute Gasteiger partial charge is 0.191 e. The summed E-state index contributed by atoms with van der Waals surface area (Å²) in [5.74, 6) is 3.35. The Morgan fingerprint density at radius 2 is 1.86 bits per heavy atom. The molecule has 0 saturated carbocycles. The molecule has 0 atom stereocenters. The number of methoxy groups -OCH3 is 1. The van der Waals surface area contributed by atoms with E-state index in [1.165, 1.54) is 0 Å². The first kappa shape index (κ1) is 19.5. The molecule has 7 nitrogen and oxygen atoms in total. The summed E-state index contributed by atoms with van der Waals surface area (Å²) < 4.78 is 10.9. The van der Waals surface area contributed by atoms with Crippen LogP contribution in [0, 0.1) is 0 Å². The molecule has 3 aromatic rings. The maximum absolute atomic E-state index is 5.73. The third-order valence-electron chi connectivity index (χ3n) is 4.12. The summed E-state index contributed by atoms with van der Waals surface area (Å²) in [4.78, 5) is 12.5. The van der Waals surface area contributed by atoms with Gasteiger partial charge in [-0.2, -0.15) is 0 Å². The minimum Gasteiger partial charge on any atom is -0.497 e. The number of aromatic nitrogens is 2. The molecule has 3 N–H and O–H groups in total. The van der Waals surface area contributed by atoms with Gasteiger partial charge in [0.25, 0.3) is 0 Å². The van der Waals surface area contributed by atoms with Crippen molar-refractivity contribution in [1.82, 2.24) is 20.6 Å². The number of nitrogens with one attached hydrogen (secondary N) is 3. The zero-order chi connectivity index (χ0) is 19.6. The van der Waals surface area contributed by atoms with Gasteiger partial charge in [-0.3, -0.25) is 4.99 Å². The molecular weight excluding hydrogens is 354 g/mol. The molecule has 0 saturated heterocycles. The quantitative estimate of drug-likeness (QED) is 0.302. The molecule has 28 heavy (non-hydrogen) atoms. The molecule has 0 aliphatic heterocycles. The van der Waals surface area contributed by atoms with E-state index in [-0.39, 0.29) is 0 Å². The van der Waals surface area contributed by atoms with Gasteiger partial charge in [-0.05, 0) is 43.3 Å². The van der Waals surface area contributed by atoms with Crippen molar-refractivity contribution in [2.75, 3.05) is 33.4 Å². The van der Waals surface area contributed by atoms with Gasteiger partial charge >= 0.3 is 0 Å². The highest BCUT2D eigenvalue weighted by molar-refractivity contribution is 5.79. The molecule has 0 aliphatic carbocycles. The van der Waals surface area contributed by atoms with Crippen molar-refractivity contribution in [3.05, 3.63) is 54.4 Å². The van der Waals surface area contributed by atoms with E-state index < -0.39 is 0 Å². The SMILES string of the molecule is CCNC(=NCCc1nc2ccccc2[nH]1)NCCOc1ccc(OC)cc1. The minimum absolute atomic E-state index is 0.542. The predicted molar refractivity (Wildman–Crippen MR) is 112 cm³/mol. The number of rotatable bonds is 9. The Bertz CT molecular complexity index is 856. The first-order chi connectivity index (χ1) is 13.8. The first-order valence-corrected chi connectivity index (χ1v) is 9.51. The highest BCUT2D eigenvalue weighted by Crippen LogP contribution is 2.16. The van der Waals surface area contributed by atoms with Crippen molar-refractivity contribution in [2.24, 2.45) is 4.99 Å². The number of aliphatic imine (C=N–C) groups is 1. The molecule has 0 amide bonds. The highest BCUT2D eigenvalue weighted by Gasteiger charge is 2.02. The van der Waals surface area contributed by atoms with Crippen molar-refractivity contribution < 1.29 is 9.47 Å². The Labute approximate surface area is 165 Å². The zero-order valence-electron chi connectivity index (χ0n) is 16.4. The Morgan fingerprint density at radius 3 is 2.61 bits per heavy atom. The van der Waals surface area contributed by atoms with E-state index in [0.717, 1.165) is 47.3 Å². The lowest BCUT2D eigenvalue weighted by molar-refractivity contribution is 0.321. The van der Waals surface area contributed by atoms with E-state index in [2.05, 4.69) is 25.6 Å². The van der Waals surface area contributed by atoms with Crippen LogP contribution in [0.3, 0.4) is 0 Å². The van der Waals surface area contributed by atoms with E-state index in [1.807, 2.05) is 55.5 Å². The molecule has 1 heterocycles. The Balaban J connectivity index is 1.44. The first-order valence-electron chi connectivity index (χ1n) is 9.51. The highest BCUT2D eigenvalue weighted by atomic mass is 16.5. The van der Waals surface area contributed by atoms with Crippen LogP contribution >= 0.6 is 0 Å². The number of benzene rings is 2. The fraction of sp³-hybridized carbons (Fsp3) is 0.333. The molecule has 0 radical (unpaired) electrons. The lowest BCUT2D eigenvalue weighted by atomic mass is 10.3. The van der Waals surface area contributed by atoms with Gasteiger partial charge in [0.05, 0.1) is 24.7 Å². The van der Waals surface area contributed by atoms with Gasteiger partial charge in [-0.1, -0.05) is 12.1 Å². The number of H-pyrrole nitrogens is 1. The predicted octanol–water partition coefficient (Wildman–Crippen LogP) is 2.75. The van der Waals surface area contributed by atoms with Gasteiger partial charge < -0.3 is 25.1 Å².